The Kier molecular flexibility index (Phi) is 4.70. The lowest BCUT2D eigenvalue weighted by molar-refractivity contribution is 0.102. The zero-order valence-corrected chi connectivity index (χ0v) is 13.1. The third-order valence-corrected chi connectivity index (χ3v) is 3.27. The minimum absolute atomic E-state index is 0.115. The van der Waals surface area contributed by atoms with E-state index < -0.39 is 5.91 Å². The van der Waals surface area contributed by atoms with Crippen LogP contribution in [0.3, 0.4) is 0 Å². The van der Waals surface area contributed by atoms with Gasteiger partial charge in [-0.2, -0.15) is 0 Å². The average molecular weight is 352 g/mol. The SMILES string of the molecule is COc1cc(Br)cc(NC(=O)c2cc(OC)ccc2O)c1. The Labute approximate surface area is 130 Å². The summed E-state index contributed by atoms with van der Waals surface area (Å²) in [6.45, 7) is 0. The lowest BCUT2D eigenvalue weighted by atomic mass is 10.1. The summed E-state index contributed by atoms with van der Waals surface area (Å²) < 4.78 is 11.0. The predicted molar refractivity (Wildman–Crippen MR) is 83.3 cm³/mol. The van der Waals surface area contributed by atoms with Gasteiger partial charge in [-0.05, 0) is 30.3 Å². The van der Waals surface area contributed by atoms with Crippen molar-refractivity contribution in [3.63, 3.8) is 0 Å². The number of ether oxygens (including phenoxy) is 2. The van der Waals surface area contributed by atoms with Gasteiger partial charge in [0, 0.05) is 16.2 Å². The lowest BCUT2D eigenvalue weighted by Gasteiger charge is -2.10. The van der Waals surface area contributed by atoms with Crippen LogP contribution >= 0.6 is 15.9 Å². The molecule has 2 aromatic carbocycles. The second kappa shape index (κ2) is 6.49. The molecular formula is C15H14BrNO4. The lowest BCUT2D eigenvalue weighted by Crippen LogP contribution is -2.12. The molecule has 1 amide bonds. The molecule has 0 aliphatic carbocycles. The van der Waals surface area contributed by atoms with Gasteiger partial charge in [-0.25, -0.2) is 0 Å². The minimum Gasteiger partial charge on any atom is -0.507 e. The fourth-order valence-corrected chi connectivity index (χ4v) is 2.25. The molecule has 110 valence electrons. The fraction of sp³-hybridized carbons (Fsp3) is 0.133. The van der Waals surface area contributed by atoms with Crippen LogP contribution in [-0.2, 0) is 0 Å². The van der Waals surface area contributed by atoms with E-state index >= 15 is 0 Å². The van der Waals surface area contributed by atoms with Gasteiger partial charge in [-0.3, -0.25) is 4.79 Å². The topological polar surface area (TPSA) is 67.8 Å². The van der Waals surface area contributed by atoms with Crippen LogP contribution in [0.4, 0.5) is 5.69 Å². The summed E-state index contributed by atoms with van der Waals surface area (Å²) in [6, 6.07) is 9.65. The number of methoxy groups -OCH3 is 2. The van der Waals surface area contributed by atoms with Crippen LogP contribution in [0, 0.1) is 0 Å². The number of hydrogen-bond acceptors (Lipinski definition) is 4. The number of phenolic OH excluding ortho intramolecular Hbond substituents is 1. The smallest absolute Gasteiger partial charge is 0.259 e. The van der Waals surface area contributed by atoms with E-state index in [4.69, 9.17) is 9.47 Å². The molecule has 5 nitrogen and oxygen atoms in total. The van der Waals surface area contributed by atoms with Crippen molar-refractivity contribution in [2.24, 2.45) is 0 Å². The van der Waals surface area contributed by atoms with Gasteiger partial charge in [-0.15, -0.1) is 0 Å². The highest BCUT2D eigenvalue weighted by atomic mass is 79.9. The highest BCUT2D eigenvalue weighted by Crippen LogP contribution is 2.27. The number of aromatic hydroxyl groups is 1. The van der Waals surface area contributed by atoms with E-state index in [1.807, 2.05) is 0 Å². The molecule has 2 rings (SSSR count). The van der Waals surface area contributed by atoms with Crippen LogP contribution in [0.1, 0.15) is 10.4 Å². The maximum absolute atomic E-state index is 12.2. The third kappa shape index (κ3) is 3.66. The molecule has 2 aromatic rings. The monoisotopic (exact) mass is 351 g/mol. The molecule has 0 heterocycles. The molecule has 0 aliphatic rings. The van der Waals surface area contributed by atoms with E-state index in [2.05, 4.69) is 21.2 Å². The summed E-state index contributed by atoms with van der Waals surface area (Å²) in [5.41, 5.74) is 0.682. The molecule has 6 heteroatoms. The Hall–Kier alpha value is -2.21. The van der Waals surface area contributed by atoms with Gasteiger partial charge in [0.05, 0.1) is 19.8 Å². The van der Waals surface area contributed by atoms with Crippen molar-refractivity contribution in [1.82, 2.24) is 0 Å². The van der Waals surface area contributed by atoms with Crippen LogP contribution in [0.15, 0.2) is 40.9 Å². The van der Waals surface area contributed by atoms with Gasteiger partial charge in [0.1, 0.15) is 17.2 Å². The first-order chi connectivity index (χ1) is 10.0. The molecule has 0 saturated carbocycles. The minimum atomic E-state index is -0.438. The van der Waals surface area contributed by atoms with Crippen molar-refractivity contribution in [2.75, 3.05) is 19.5 Å². The van der Waals surface area contributed by atoms with E-state index in [0.717, 1.165) is 4.47 Å². The summed E-state index contributed by atoms with van der Waals surface area (Å²) in [6.07, 6.45) is 0. The van der Waals surface area contributed by atoms with Gasteiger partial charge < -0.3 is 19.9 Å². The number of amides is 1. The molecule has 21 heavy (non-hydrogen) atoms. The molecule has 0 unspecified atom stereocenters. The molecule has 0 spiro atoms. The van der Waals surface area contributed by atoms with Crippen LogP contribution in [0.25, 0.3) is 0 Å². The molecule has 0 fully saturated rings. The molecule has 0 radical (unpaired) electrons. The van der Waals surface area contributed by atoms with E-state index in [9.17, 15) is 9.90 Å². The molecule has 0 aliphatic heterocycles. The van der Waals surface area contributed by atoms with Gasteiger partial charge in [0.25, 0.3) is 5.91 Å². The second-order valence-electron chi connectivity index (χ2n) is 4.22. The first kappa shape index (κ1) is 15.2. The number of nitrogens with one attached hydrogen (secondary N) is 1. The standard InChI is InChI=1S/C15H14BrNO4/c1-20-11-3-4-14(18)13(8-11)15(19)17-10-5-9(16)6-12(7-10)21-2/h3-8,18H,1-2H3,(H,17,19). The number of hydrogen-bond donors (Lipinski definition) is 2. The van der Waals surface area contributed by atoms with Crippen molar-refractivity contribution in [3.05, 3.63) is 46.4 Å². The van der Waals surface area contributed by atoms with E-state index in [0.29, 0.717) is 17.2 Å². The zero-order chi connectivity index (χ0) is 15.4. The number of rotatable bonds is 4. The summed E-state index contributed by atoms with van der Waals surface area (Å²) in [5.74, 6) is 0.543. The second-order valence-corrected chi connectivity index (χ2v) is 5.13. The van der Waals surface area contributed by atoms with Crippen molar-refractivity contribution in [2.45, 2.75) is 0 Å². The molecule has 0 saturated heterocycles. The maximum Gasteiger partial charge on any atom is 0.259 e. The summed E-state index contributed by atoms with van der Waals surface area (Å²) in [4.78, 5) is 12.2. The number of phenols is 1. The van der Waals surface area contributed by atoms with Crippen molar-refractivity contribution in [3.8, 4) is 17.2 Å². The number of carbonyl (C=O) groups excluding carboxylic acids is 1. The highest BCUT2D eigenvalue weighted by molar-refractivity contribution is 9.10. The van der Waals surface area contributed by atoms with Crippen molar-refractivity contribution in [1.29, 1.82) is 0 Å². The Morgan fingerprint density at radius 1 is 1.10 bits per heavy atom. The normalized spacial score (nSPS) is 10.0. The Balaban J connectivity index is 2.27. The molecule has 0 atom stereocenters. The summed E-state index contributed by atoms with van der Waals surface area (Å²) in [7, 11) is 3.04. The summed E-state index contributed by atoms with van der Waals surface area (Å²) >= 11 is 3.34. The molecule has 0 aromatic heterocycles. The summed E-state index contributed by atoms with van der Waals surface area (Å²) in [5, 5.41) is 12.5. The zero-order valence-electron chi connectivity index (χ0n) is 11.5. The Morgan fingerprint density at radius 2 is 1.81 bits per heavy atom. The Bertz CT molecular complexity index is 673. The quantitative estimate of drug-likeness (QED) is 0.885. The molecule has 0 bridgehead atoms. The van der Waals surface area contributed by atoms with Crippen LogP contribution in [0.2, 0.25) is 0 Å². The van der Waals surface area contributed by atoms with Crippen LogP contribution < -0.4 is 14.8 Å². The number of benzene rings is 2. The largest absolute Gasteiger partial charge is 0.507 e. The van der Waals surface area contributed by atoms with E-state index in [1.165, 1.54) is 19.2 Å². The van der Waals surface area contributed by atoms with Crippen molar-refractivity contribution >= 4 is 27.5 Å². The van der Waals surface area contributed by atoms with Crippen LogP contribution in [-0.4, -0.2) is 25.2 Å². The fourth-order valence-electron chi connectivity index (χ4n) is 1.78. The van der Waals surface area contributed by atoms with Crippen molar-refractivity contribution < 1.29 is 19.4 Å². The predicted octanol–water partition coefficient (Wildman–Crippen LogP) is 3.42. The first-order valence-corrected chi connectivity index (χ1v) is 6.85. The van der Waals surface area contributed by atoms with Crippen LogP contribution in [0.5, 0.6) is 17.2 Å². The Morgan fingerprint density at radius 3 is 2.48 bits per heavy atom. The molecular weight excluding hydrogens is 338 g/mol. The third-order valence-electron chi connectivity index (χ3n) is 2.81. The number of carbonyl (C=O) groups is 1. The highest BCUT2D eigenvalue weighted by Gasteiger charge is 2.13. The maximum atomic E-state index is 12.2. The van der Waals surface area contributed by atoms with Gasteiger partial charge >= 0.3 is 0 Å². The average Bonchev–Trinajstić information content (AvgIpc) is 2.46. The first-order valence-electron chi connectivity index (χ1n) is 6.06. The van der Waals surface area contributed by atoms with Gasteiger partial charge in [-0.1, -0.05) is 15.9 Å². The number of halogens is 1. The van der Waals surface area contributed by atoms with Gasteiger partial charge in [0.15, 0.2) is 0 Å². The number of anilines is 1. The van der Waals surface area contributed by atoms with Gasteiger partial charge in [0.2, 0.25) is 0 Å². The van der Waals surface area contributed by atoms with E-state index in [-0.39, 0.29) is 11.3 Å². The van der Waals surface area contributed by atoms with E-state index in [1.54, 1.807) is 31.4 Å². The molecule has 2 N–H and O–H groups in total.